The summed E-state index contributed by atoms with van der Waals surface area (Å²) in [6.45, 7) is 12.3. The summed E-state index contributed by atoms with van der Waals surface area (Å²) in [5, 5.41) is 0. The number of hydrogen-bond donors (Lipinski definition) is 1. The molecule has 0 spiro atoms. The molecule has 5 nitrogen and oxygen atoms in total. The zero-order chi connectivity index (χ0) is 14.6. The molecule has 2 N–H and O–H groups in total. The molecule has 1 fully saturated rings. The summed E-state index contributed by atoms with van der Waals surface area (Å²) in [4.78, 5) is 5.12. The summed E-state index contributed by atoms with van der Waals surface area (Å²) in [5.41, 5.74) is 5.71. The first-order valence-electron chi connectivity index (χ1n) is 7.97. The highest BCUT2D eigenvalue weighted by molar-refractivity contribution is 4.71. The van der Waals surface area contributed by atoms with Crippen molar-refractivity contribution < 1.29 is 9.47 Å². The first kappa shape index (κ1) is 17.9. The molecule has 0 aromatic carbocycles. The molecule has 0 radical (unpaired) electrons. The van der Waals surface area contributed by atoms with Crippen LogP contribution in [0.4, 0.5) is 0 Å². The number of nitrogens with two attached hydrogens (primary N) is 1. The van der Waals surface area contributed by atoms with Gasteiger partial charge < -0.3 is 25.0 Å². The lowest BCUT2D eigenvalue weighted by Crippen LogP contribution is -2.35. The second-order valence-corrected chi connectivity index (χ2v) is 5.80. The van der Waals surface area contributed by atoms with Crippen LogP contribution in [-0.4, -0.2) is 82.5 Å². The number of methoxy groups -OCH3 is 1. The molecule has 1 heterocycles. The third-order valence-electron chi connectivity index (χ3n) is 3.85. The van der Waals surface area contributed by atoms with Crippen LogP contribution in [0.1, 0.15) is 19.8 Å². The van der Waals surface area contributed by atoms with Gasteiger partial charge in [-0.3, -0.25) is 0 Å². The third kappa shape index (κ3) is 8.17. The normalized spacial score (nSPS) is 19.9. The summed E-state index contributed by atoms with van der Waals surface area (Å²) in [5.74, 6) is 0.607. The van der Waals surface area contributed by atoms with Crippen molar-refractivity contribution in [2.45, 2.75) is 19.8 Å². The van der Waals surface area contributed by atoms with Crippen molar-refractivity contribution in [1.29, 1.82) is 0 Å². The lowest BCUT2D eigenvalue weighted by Gasteiger charge is -2.24. The van der Waals surface area contributed by atoms with Crippen LogP contribution < -0.4 is 5.73 Å². The van der Waals surface area contributed by atoms with E-state index in [2.05, 4.69) is 16.7 Å². The van der Waals surface area contributed by atoms with Gasteiger partial charge in [0.1, 0.15) is 0 Å². The van der Waals surface area contributed by atoms with Crippen LogP contribution in [0.2, 0.25) is 0 Å². The van der Waals surface area contributed by atoms with Crippen LogP contribution in [0.3, 0.4) is 0 Å². The number of nitrogens with zero attached hydrogens (tertiary/aromatic N) is 2. The molecule has 0 aromatic heterocycles. The molecule has 1 saturated heterocycles. The first-order valence-corrected chi connectivity index (χ1v) is 7.97. The standard InChI is InChI=1S/C15H33N3O2/c1-15(13-16)14-18-6-3-5-17(8-9-18)7-4-10-20-12-11-19-2/h15H,3-14,16H2,1-2H3. The van der Waals surface area contributed by atoms with E-state index in [0.29, 0.717) is 19.1 Å². The van der Waals surface area contributed by atoms with E-state index in [-0.39, 0.29) is 0 Å². The second-order valence-electron chi connectivity index (χ2n) is 5.80. The predicted octanol–water partition coefficient (Wildman–Crippen LogP) is 0.642. The van der Waals surface area contributed by atoms with E-state index in [4.69, 9.17) is 15.2 Å². The summed E-state index contributed by atoms with van der Waals surface area (Å²) in [7, 11) is 1.71. The fourth-order valence-corrected chi connectivity index (χ4v) is 2.58. The molecule has 1 aliphatic heterocycles. The van der Waals surface area contributed by atoms with Gasteiger partial charge in [0.25, 0.3) is 0 Å². The quantitative estimate of drug-likeness (QED) is 0.598. The van der Waals surface area contributed by atoms with Crippen molar-refractivity contribution in [3.8, 4) is 0 Å². The van der Waals surface area contributed by atoms with Gasteiger partial charge in [0, 0.05) is 39.9 Å². The largest absolute Gasteiger partial charge is 0.382 e. The Morgan fingerprint density at radius 3 is 2.55 bits per heavy atom. The Morgan fingerprint density at radius 2 is 1.80 bits per heavy atom. The molecule has 0 aliphatic carbocycles. The molecule has 120 valence electrons. The highest BCUT2D eigenvalue weighted by Gasteiger charge is 2.15. The summed E-state index contributed by atoms with van der Waals surface area (Å²) >= 11 is 0. The first-order chi connectivity index (χ1) is 9.76. The zero-order valence-corrected chi connectivity index (χ0v) is 13.4. The maximum Gasteiger partial charge on any atom is 0.0700 e. The Kier molecular flexibility index (Phi) is 10.2. The van der Waals surface area contributed by atoms with Gasteiger partial charge in [-0.05, 0) is 38.4 Å². The monoisotopic (exact) mass is 287 g/mol. The second kappa shape index (κ2) is 11.5. The van der Waals surface area contributed by atoms with Crippen molar-refractivity contribution in [2.24, 2.45) is 11.7 Å². The molecule has 1 aliphatic rings. The van der Waals surface area contributed by atoms with E-state index in [1.165, 1.54) is 32.6 Å². The van der Waals surface area contributed by atoms with Gasteiger partial charge in [0.15, 0.2) is 0 Å². The minimum Gasteiger partial charge on any atom is -0.382 e. The predicted molar refractivity (Wildman–Crippen MR) is 83.0 cm³/mol. The lowest BCUT2D eigenvalue weighted by molar-refractivity contribution is 0.0653. The van der Waals surface area contributed by atoms with Crippen LogP contribution in [0.5, 0.6) is 0 Å². The maximum absolute atomic E-state index is 5.71. The highest BCUT2D eigenvalue weighted by atomic mass is 16.5. The summed E-state index contributed by atoms with van der Waals surface area (Å²) < 4.78 is 10.5. The zero-order valence-electron chi connectivity index (χ0n) is 13.4. The van der Waals surface area contributed by atoms with Crippen LogP contribution in [0.25, 0.3) is 0 Å². The Balaban J connectivity index is 2.07. The number of rotatable bonds is 10. The average molecular weight is 287 g/mol. The molecule has 0 aromatic rings. The van der Waals surface area contributed by atoms with Crippen LogP contribution in [-0.2, 0) is 9.47 Å². The third-order valence-corrected chi connectivity index (χ3v) is 3.85. The topological polar surface area (TPSA) is 51.0 Å². The minimum atomic E-state index is 0.607. The van der Waals surface area contributed by atoms with Crippen molar-refractivity contribution in [1.82, 2.24) is 9.80 Å². The highest BCUT2D eigenvalue weighted by Crippen LogP contribution is 2.06. The van der Waals surface area contributed by atoms with E-state index in [9.17, 15) is 0 Å². The van der Waals surface area contributed by atoms with Gasteiger partial charge in [-0.1, -0.05) is 6.92 Å². The number of ether oxygens (including phenoxy) is 2. The van der Waals surface area contributed by atoms with Gasteiger partial charge in [-0.25, -0.2) is 0 Å². The van der Waals surface area contributed by atoms with E-state index in [1.807, 2.05) is 0 Å². The SMILES string of the molecule is COCCOCCCN1CCCN(CC(C)CN)CC1. The Morgan fingerprint density at radius 1 is 1.05 bits per heavy atom. The van der Waals surface area contributed by atoms with Gasteiger partial charge >= 0.3 is 0 Å². The Hall–Kier alpha value is -0.200. The smallest absolute Gasteiger partial charge is 0.0700 e. The summed E-state index contributed by atoms with van der Waals surface area (Å²) in [6, 6.07) is 0. The van der Waals surface area contributed by atoms with Gasteiger partial charge in [0.05, 0.1) is 13.2 Å². The van der Waals surface area contributed by atoms with Crippen LogP contribution in [0, 0.1) is 5.92 Å². The van der Waals surface area contributed by atoms with Gasteiger partial charge in [-0.2, -0.15) is 0 Å². The van der Waals surface area contributed by atoms with Crippen LogP contribution >= 0.6 is 0 Å². The number of hydrogen-bond acceptors (Lipinski definition) is 5. The van der Waals surface area contributed by atoms with Crippen molar-refractivity contribution in [3.63, 3.8) is 0 Å². The molecular weight excluding hydrogens is 254 g/mol. The molecule has 1 rings (SSSR count). The summed E-state index contributed by atoms with van der Waals surface area (Å²) in [6.07, 6.45) is 2.38. The van der Waals surface area contributed by atoms with Crippen molar-refractivity contribution >= 4 is 0 Å². The molecular formula is C15H33N3O2. The molecule has 5 heteroatoms. The molecule has 0 amide bonds. The minimum absolute atomic E-state index is 0.607. The fraction of sp³-hybridized carbons (Fsp3) is 1.00. The Labute approximate surface area is 124 Å². The van der Waals surface area contributed by atoms with Crippen molar-refractivity contribution in [3.05, 3.63) is 0 Å². The molecule has 0 saturated carbocycles. The van der Waals surface area contributed by atoms with Gasteiger partial charge in [-0.15, -0.1) is 0 Å². The lowest BCUT2D eigenvalue weighted by atomic mass is 10.1. The maximum atomic E-state index is 5.71. The molecule has 0 bridgehead atoms. The van der Waals surface area contributed by atoms with Crippen LogP contribution in [0.15, 0.2) is 0 Å². The molecule has 1 atom stereocenters. The Bertz CT molecular complexity index is 229. The van der Waals surface area contributed by atoms with E-state index in [0.717, 1.165) is 32.7 Å². The van der Waals surface area contributed by atoms with Gasteiger partial charge in [0.2, 0.25) is 0 Å². The van der Waals surface area contributed by atoms with E-state index >= 15 is 0 Å². The molecule has 20 heavy (non-hydrogen) atoms. The van der Waals surface area contributed by atoms with Crippen molar-refractivity contribution in [2.75, 3.05) is 72.7 Å². The van der Waals surface area contributed by atoms with E-state index in [1.54, 1.807) is 7.11 Å². The fourth-order valence-electron chi connectivity index (χ4n) is 2.58. The average Bonchev–Trinajstić information content (AvgIpc) is 2.68. The van der Waals surface area contributed by atoms with E-state index < -0.39 is 0 Å². The molecule has 1 unspecified atom stereocenters.